The number of rotatable bonds is 7. The predicted molar refractivity (Wildman–Crippen MR) is 151 cm³/mol. The number of para-hydroxylation sites is 2. The van der Waals surface area contributed by atoms with Crippen LogP contribution in [0.2, 0.25) is 0 Å². The van der Waals surface area contributed by atoms with Crippen LogP contribution in [0, 0.1) is 12.7 Å². The van der Waals surface area contributed by atoms with Gasteiger partial charge < -0.3 is 14.6 Å². The van der Waals surface area contributed by atoms with Crippen molar-refractivity contribution in [1.29, 1.82) is 0 Å². The summed E-state index contributed by atoms with van der Waals surface area (Å²) in [6.45, 7) is 4.80. The number of methoxy groups -OCH3 is 1. The number of fused-ring (bicyclic) bond motifs is 1. The van der Waals surface area contributed by atoms with Gasteiger partial charge in [-0.15, -0.1) is 5.10 Å². The first-order valence-electron chi connectivity index (χ1n) is 13.3. The van der Waals surface area contributed by atoms with E-state index in [1.165, 1.54) is 6.07 Å². The Bertz CT molecular complexity index is 1690. The van der Waals surface area contributed by atoms with E-state index < -0.39 is 6.04 Å². The zero-order valence-electron chi connectivity index (χ0n) is 22.4. The van der Waals surface area contributed by atoms with Gasteiger partial charge in [0.2, 0.25) is 0 Å². The Labute approximate surface area is 230 Å². The van der Waals surface area contributed by atoms with E-state index in [1.807, 2.05) is 66.4 Å². The molecule has 6 rings (SSSR count). The first-order chi connectivity index (χ1) is 19.5. The number of anilines is 1. The van der Waals surface area contributed by atoms with Gasteiger partial charge in [-0.2, -0.15) is 0 Å². The number of piperazine rings is 1. The lowest BCUT2D eigenvalue weighted by Gasteiger charge is -2.39. The zero-order valence-corrected chi connectivity index (χ0v) is 22.4. The van der Waals surface area contributed by atoms with E-state index in [1.54, 1.807) is 23.9 Å². The van der Waals surface area contributed by atoms with Crippen LogP contribution in [0.5, 0.6) is 5.75 Å². The second-order valence-corrected chi connectivity index (χ2v) is 10.0. The second-order valence-electron chi connectivity index (χ2n) is 10.0. The van der Waals surface area contributed by atoms with Gasteiger partial charge in [-0.05, 0) is 64.2 Å². The lowest BCUT2D eigenvalue weighted by atomic mass is 10.0. The first-order valence-corrected chi connectivity index (χ1v) is 13.3. The van der Waals surface area contributed by atoms with Gasteiger partial charge >= 0.3 is 0 Å². The average molecular weight is 540 g/mol. The highest BCUT2D eigenvalue weighted by molar-refractivity contribution is 5.82. The van der Waals surface area contributed by atoms with Crippen LogP contribution in [0.4, 0.5) is 10.1 Å². The number of aromatic nitrogens is 5. The molecule has 0 bridgehead atoms. The summed E-state index contributed by atoms with van der Waals surface area (Å²) in [6, 6.07) is 22.0. The van der Waals surface area contributed by atoms with Gasteiger partial charge in [0.05, 0.1) is 24.9 Å². The number of aromatic amines is 1. The van der Waals surface area contributed by atoms with Gasteiger partial charge in [0.25, 0.3) is 5.56 Å². The molecule has 1 fully saturated rings. The third kappa shape index (κ3) is 4.93. The first kappa shape index (κ1) is 25.7. The molecule has 1 atom stereocenters. The Morgan fingerprint density at radius 3 is 2.52 bits per heavy atom. The number of nitrogens with zero attached hydrogens (tertiary/aromatic N) is 6. The van der Waals surface area contributed by atoms with Crippen LogP contribution >= 0.6 is 0 Å². The molecule has 1 saturated heterocycles. The molecular formula is C30H30FN7O2. The molecule has 10 heteroatoms. The number of ether oxygens (including phenoxy) is 1. The minimum atomic E-state index is -0.496. The van der Waals surface area contributed by atoms with Crippen LogP contribution in [0.1, 0.15) is 28.6 Å². The highest BCUT2D eigenvalue weighted by atomic mass is 19.1. The SMILES string of the molecule is COc1ccc(Cn2nnnc2C(c2cc3cccc(C)c3[nH]c2=O)N2CCN(c3ccccc3F)CC2)cc1. The smallest absolute Gasteiger partial charge is 0.253 e. The van der Waals surface area contributed by atoms with Gasteiger partial charge in [-0.1, -0.05) is 42.5 Å². The number of H-pyrrole nitrogens is 1. The molecule has 1 aliphatic rings. The van der Waals surface area contributed by atoms with E-state index in [-0.39, 0.29) is 11.4 Å². The Morgan fingerprint density at radius 1 is 1.00 bits per heavy atom. The Morgan fingerprint density at radius 2 is 1.77 bits per heavy atom. The van der Waals surface area contributed by atoms with Crippen molar-refractivity contribution in [2.75, 3.05) is 38.2 Å². The van der Waals surface area contributed by atoms with Gasteiger partial charge in [-0.25, -0.2) is 9.07 Å². The summed E-state index contributed by atoms with van der Waals surface area (Å²) >= 11 is 0. The maximum Gasteiger partial charge on any atom is 0.253 e. The lowest BCUT2D eigenvalue weighted by Crippen LogP contribution is -2.49. The van der Waals surface area contributed by atoms with Crippen molar-refractivity contribution in [1.82, 2.24) is 30.1 Å². The molecule has 1 aliphatic heterocycles. The fourth-order valence-corrected chi connectivity index (χ4v) is 5.46. The highest BCUT2D eigenvalue weighted by Gasteiger charge is 2.33. The lowest BCUT2D eigenvalue weighted by molar-refractivity contribution is 0.200. The molecule has 204 valence electrons. The topological polar surface area (TPSA) is 92.2 Å². The van der Waals surface area contributed by atoms with Crippen molar-refractivity contribution >= 4 is 16.6 Å². The van der Waals surface area contributed by atoms with Crippen molar-refractivity contribution < 1.29 is 9.13 Å². The van der Waals surface area contributed by atoms with Gasteiger partial charge in [-0.3, -0.25) is 9.69 Å². The number of tetrazole rings is 1. The molecule has 0 radical (unpaired) electrons. The van der Waals surface area contributed by atoms with Gasteiger partial charge in [0, 0.05) is 31.7 Å². The molecule has 0 amide bonds. The van der Waals surface area contributed by atoms with Crippen molar-refractivity contribution in [2.24, 2.45) is 0 Å². The van der Waals surface area contributed by atoms with E-state index in [2.05, 4.69) is 25.4 Å². The number of benzene rings is 3. The Kier molecular flexibility index (Phi) is 7.00. The summed E-state index contributed by atoms with van der Waals surface area (Å²) in [6.07, 6.45) is 0. The maximum absolute atomic E-state index is 14.5. The molecule has 1 N–H and O–H groups in total. The van der Waals surface area contributed by atoms with Crippen molar-refractivity contribution in [3.63, 3.8) is 0 Å². The van der Waals surface area contributed by atoms with Crippen molar-refractivity contribution in [2.45, 2.75) is 19.5 Å². The monoisotopic (exact) mass is 539 g/mol. The normalized spacial score (nSPS) is 14.9. The third-order valence-electron chi connectivity index (χ3n) is 7.58. The quantitative estimate of drug-likeness (QED) is 0.335. The standard InChI is InChI=1S/C30H30FN7O2/c1-20-6-5-7-22-18-24(30(39)32-27(20)22)28(37-16-14-36(15-17-37)26-9-4-3-8-25(26)31)29-33-34-35-38(29)19-21-10-12-23(40-2)13-11-21/h3-13,18,28H,14-17,19H2,1-2H3,(H,32,39). The molecule has 0 spiro atoms. The molecule has 0 saturated carbocycles. The second kappa shape index (κ2) is 10.9. The van der Waals surface area contributed by atoms with Crippen molar-refractivity contribution in [3.8, 4) is 5.75 Å². The van der Waals surface area contributed by atoms with E-state index in [0.717, 1.165) is 27.8 Å². The number of nitrogens with one attached hydrogen (secondary N) is 1. The largest absolute Gasteiger partial charge is 0.497 e. The molecule has 3 heterocycles. The third-order valence-corrected chi connectivity index (χ3v) is 7.58. The number of pyridine rings is 1. The summed E-state index contributed by atoms with van der Waals surface area (Å²) in [4.78, 5) is 20.9. The van der Waals surface area contributed by atoms with E-state index in [0.29, 0.717) is 49.8 Å². The fraction of sp³-hybridized carbons (Fsp3) is 0.267. The minimum absolute atomic E-state index is 0.178. The van der Waals surface area contributed by atoms with Gasteiger partial charge in [0.15, 0.2) is 5.82 Å². The molecule has 1 unspecified atom stereocenters. The van der Waals surface area contributed by atoms with Crippen molar-refractivity contribution in [3.05, 3.63) is 111 Å². The number of halogens is 1. The molecule has 40 heavy (non-hydrogen) atoms. The number of aryl methyl sites for hydroxylation is 1. The summed E-state index contributed by atoms with van der Waals surface area (Å²) in [5, 5.41) is 13.7. The molecule has 0 aliphatic carbocycles. The summed E-state index contributed by atoms with van der Waals surface area (Å²) in [7, 11) is 1.63. The van der Waals surface area contributed by atoms with Crippen LogP contribution < -0.4 is 15.2 Å². The average Bonchev–Trinajstić information content (AvgIpc) is 3.42. The summed E-state index contributed by atoms with van der Waals surface area (Å²) in [5.41, 5.74) is 3.80. The van der Waals surface area contributed by atoms with Crippen LogP contribution in [-0.4, -0.2) is 63.4 Å². The van der Waals surface area contributed by atoms with Crippen LogP contribution in [0.3, 0.4) is 0 Å². The zero-order chi connectivity index (χ0) is 27.6. The van der Waals surface area contributed by atoms with Crippen LogP contribution in [-0.2, 0) is 6.54 Å². The number of hydrogen-bond donors (Lipinski definition) is 1. The minimum Gasteiger partial charge on any atom is -0.497 e. The maximum atomic E-state index is 14.5. The highest BCUT2D eigenvalue weighted by Crippen LogP contribution is 2.30. The van der Waals surface area contributed by atoms with Crippen LogP contribution in [0.25, 0.3) is 10.9 Å². The Hall–Kier alpha value is -4.57. The molecule has 3 aromatic carbocycles. The van der Waals surface area contributed by atoms with Crippen LogP contribution in [0.15, 0.2) is 77.6 Å². The Balaban J connectivity index is 1.38. The predicted octanol–water partition coefficient (Wildman–Crippen LogP) is 3.93. The fourth-order valence-electron chi connectivity index (χ4n) is 5.46. The summed E-state index contributed by atoms with van der Waals surface area (Å²) in [5.74, 6) is 1.11. The van der Waals surface area contributed by atoms with E-state index in [9.17, 15) is 9.18 Å². The molecular weight excluding hydrogens is 509 g/mol. The molecule has 9 nitrogen and oxygen atoms in total. The van der Waals surface area contributed by atoms with Gasteiger partial charge in [0.1, 0.15) is 17.6 Å². The molecule has 2 aromatic heterocycles. The molecule has 5 aromatic rings. The summed E-state index contributed by atoms with van der Waals surface area (Å²) < 4.78 is 21.6. The number of hydrogen-bond acceptors (Lipinski definition) is 7. The van der Waals surface area contributed by atoms with E-state index in [4.69, 9.17) is 4.74 Å². The van der Waals surface area contributed by atoms with E-state index >= 15 is 0 Å².